The first-order chi connectivity index (χ1) is 8.84. The van der Waals surface area contributed by atoms with E-state index in [1.165, 1.54) is 83.8 Å². The zero-order chi connectivity index (χ0) is 13.1. The van der Waals surface area contributed by atoms with Crippen molar-refractivity contribution in [3.8, 4) is 0 Å². The molecular weight excluding hydrogens is 220 g/mol. The second-order valence-corrected chi connectivity index (χ2v) is 5.96. The third kappa shape index (κ3) is 7.38. The molecule has 0 saturated carbocycles. The summed E-state index contributed by atoms with van der Waals surface area (Å²) in [5.74, 6) is 0. The largest absolute Gasteiger partial charge is 0.315 e. The Hall–Kier alpha value is -0.0800. The van der Waals surface area contributed by atoms with Crippen LogP contribution in [-0.4, -0.2) is 37.6 Å². The third-order valence-electron chi connectivity index (χ3n) is 4.26. The second-order valence-electron chi connectivity index (χ2n) is 5.96. The van der Waals surface area contributed by atoms with Gasteiger partial charge in [0.15, 0.2) is 0 Å². The van der Waals surface area contributed by atoms with Gasteiger partial charge in [0.2, 0.25) is 0 Å². The number of rotatable bonds is 11. The van der Waals surface area contributed by atoms with Gasteiger partial charge in [0.05, 0.1) is 0 Å². The third-order valence-corrected chi connectivity index (χ3v) is 4.26. The minimum atomic E-state index is 0.805. The Labute approximate surface area is 115 Å². The molecule has 1 aliphatic rings. The van der Waals surface area contributed by atoms with Gasteiger partial charge < -0.3 is 10.2 Å². The van der Waals surface area contributed by atoms with E-state index in [0.717, 1.165) is 6.04 Å². The summed E-state index contributed by atoms with van der Waals surface area (Å²) in [5.41, 5.74) is 0. The van der Waals surface area contributed by atoms with Gasteiger partial charge >= 0.3 is 0 Å². The van der Waals surface area contributed by atoms with E-state index >= 15 is 0 Å². The molecule has 108 valence electrons. The second kappa shape index (κ2) is 10.8. The predicted molar refractivity (Wildman–Crippen MR) is 81.1 cm³/mol. The minimum Gasteiger partial charge on any atom is -0.315 e. The molecule has 1 saturated heterocycles. The summed E-state index contributed by atoms with van der Waals surface area (Å²) in [6.45, 7) is 6.00. The molecule has 0 aromatic carbocycles. The number of nitrogens with one attached hydrogen (secondary N) is 1. The SMILES string of the molecule is CCCCCCCCCCNCC1CCCN1C. The van der Waals surface area contributed by atoms with Crippen LogP contribution in [0.25, 0.3) is 0 Å². The Kier molecular flexibility index (Phi) is 9.59. The van der Waals surface area contributed by atoms with Crippen LogP contribution in [0.4, 0.5) is 0 Å². The van der Waals surface area contributed by atoms with E-state index in [-0.39, 0.29) is 0 Å². The first kappa shape index (κ1) is 16.0. The van der Waals surface area contributed by atoms with Gasteiger partial charge in [0.1, 0.15) is 0 Å². The first-order valence-corrected chi connectivity index (χ1v) is 8.25. The number of unbranched alkanes of at least 4 members (excludes halogenated alkanes) is 7. The van der Waals surface area contributed by atoms with E-state index < -0.39 is 0 Å². The lowest BCUT2D eigenvalue weighted by molar-refractivity contribution is 0.300. The predicted octanol–water partition coefficient (Wildman–Crippen LogP) is 3.81. The van der Waals surface area contributed by atoms with Crippen molar-refractivity contribution in [2.45, 2.75) is 77.2 Å². The lowest BCUT2D eigenvalue weighted by Crippen LogP contribution is -2.35. The summed E-state index contributed by atoms with van der Waals surface area (Å²) in [6.07, 6.45) is 14.1. The molecule has 1 aliphatic heterocycles. The van der Waals surface area contributed by atoms with Crippen LogP contribution in [0.2, 0.25) is 0 Å². The van der Waals surface area contributed by atoms with Gasteiger partial charge in [0, 0.05) is 12.6 Å². The molecule has 0 aliphatic carbocycles. The molecule has 1 atom stereocenters. The van der Waals surface area contributed by atoms with E-state index in [1.807, 2.05) is 0 Å². The summed E-state index contributed by atoms with van der Waals surface area (Å²) in [5, 5.41) is 3.63. The molecule has 0 radical (unpaired) electrons. The quantitative estimate of drug-likeness (QED) is 0.564. The van der Waals surface area contributed by atoms with Gasteiger partial charge in [-0.2, -0.15) is 0 Å². The van der Waals surface area contributed by atoms with Gasteiger partial charge in [-0.3, -0.25) is 0 Å². The normalized spacial score (nSPS) is 20.7. The highest BCUT2D eigenvalue weighted by Gasteiger charge is 2.19. The number of likely N-dealkylation sites (N-methyl/N-ethyl adjacent to an activating group) is 1. The lowest BCUT2D eigenvalue weighted by atomic mass is 10.1. The van der Waals surface area contributed by atoms with Gasteiger partial charge in [-0.15, -0.1) is 0 Å². The first-order valence-electron chi connectivity index (χ1n) is 8.25. The average molecular weight is 254 g/mol. The smallest absolute Gasteiger partial charge is 0.0218 e. The van der Waals surface area contributed by atoms with Crippen molar-refractivity contribution in [2.75, 3.05) is 26.7 Å². The molecule has 1 fully saturated rings. The highest BCUT2D eigenvalue weighted by molar-refractivity contribution is 4.77. The van der Waals surface area contributed by atoms with Crippen LogP contribution in [0, 0.1) is 0 Å². The van der Waals surface area contributed by atoms with Crippen molar-refractivity contribution in [1.29, 1.82) is 0 Å². The van der Waals surface area contributed by atoms with E-state index in [1.54, 1.807) is 0 Å². The van der Waals surface area contributed by atoms with Gasteiger partial charge in [-0.1, -0.05) is 51.9 Å². The number of hydrogen-bond donors (Lipinski definition) is 1. The molecule has 0 aromatic rings. The lowest BCUT2D eigenvalue weighted by Gasteiger charge is -2.19. The molecule has 0 amide bonds. The van der Waals surface area contributed by atoms with Crippen LogP contribution < -0.4 is 5.32 Å². The fraction of sp³-hybridized carbons (Fsp3) is 1.00. The molecule has 18 heavy (non-hydrogen) atoms. The van der Waals surface area contributed by atoms with E-state index in [4.69, 9.17) is 0 Å². The Bertz CT molecular complexity index is 182. The van der Waals surface area contributed by atoms with Gasteiger partial charge in [-0.25, -0.2) is 0 Å². The number of nitrogens with zero attached hydrogens (tertiary/aromatic N) is 1. The number of hydrogen-bond acceptors (Lipinski definition) is 2. The maximum absolute atomic E-state index is 3.63. The van der Waals surface area contributed by atoms with Crippen LogP contribution in [0.1, 0.15) is 71.1 Å². The van der Waals surface area contributed by atoms with Crippen LogP contribution >= 0.6 is 0 Å². The van der Waals surface area contributed by atoms with Crippen molar-refractivity contribution in [3.05, 3.63) is 0 Å². The fourth-order valence-electron chi connectivity index (χ4n) is 2.89. The minimum absolute atomic E-state index is 0.805. The summed E-state index contributed by atoms with van der Waals surface area (Å²) in [4.78, 5) is 2.50. The summed E-state index contributed by atoms with van der Waals surface area (Å²) in [6, 6.07) is 0.805. The summed E-state index contributed by atoms with van der Waals surface area (Å²) in [7, 11) is 2.26. The van der Waals surface area contributed by atoms with E-state index in [2.05, 4.69) is 24.2 Å². The van der Waals surface area contributed by atoms with E-state index in [0.29, 0.717) is 0 Å². The molecule has 0 spiro atoms. The van der Waals surface area contributed by atoms with E-state index in [9.17, 15) is 0 Å². The Morgan fingerprint density at radius 3 is 2.28 bits per heavy atom. The van der Waals surface area contributed by atoms with Crippen molar-refractivity contribution in [2.24, 2.45) is 0 Å². The number of likely N-dealkylation sites (tertiary alicyclic amines) is 1. The average Bonchev–Trinajstić information content (AvgIpc) is 2.77. The molecule has 0 bridgehead atoms. The van der Waals surface area contributed by atoms with Crippen molar-refractivity contribution in [3.63, 3.8) is 0 Å². The summed E-state index contributed by atoms with van der Waals surface area (Å²) >= 11 is 0. The Morgan fingerprint density at radius 2 is 1.67 bits per heavy atom. The molecule has 2 heteroatoms. The van der Waals surface area contributed by atoms with Crippen LogP contribution in [-0.2, 0) is 0 Å². The molecule has 1 N–H and O–H groups in total. The highest BCUT2D eigenvalue weighted by atomic mass is 15.2. The monoisotopic (exact) mass is 254 g/mol. The zero-order valence-corrected chi connectivity index (χ0v) is 12.7. The van der Waals surface area contributed by atoms with Crippen LogP contribution in [0.15, 0.2) is 0 Å². The maximum Gasteiger partial charge on any atom is 0.0218 e. The zero-order valence-electron chi connectivity index (χ0n) is 12.7. The fourth-order valence-corrected chi connectivity index (χ4v) is 2.89. The van der Waals surface area contributed by atoms with Crippen LogP contribution in [0.5, 0.6) is 0 Å². The molecule has 0 aromatic heterocycles. The van der Waals surface area contributed by atoms with Gasteiger partial charge in [-0.05, 0) is 39.4 Å². The van der Waals surface area contributed by atoms with Crippen molar-refractivity contribution in [1.82, 2.24) is 10.2 Å². The molecule has 2 nitrogen and oxygen atoms in total. The van der Waals surface area contributed by atoms with Crippen molar-refractivity contribution < 1.29 is 0 Å². The topological polar surface area (TPSA) is 15.3 Å². The van der Waals surface area contributed by atoms with Gasteiger partial charge in [0.25, 0.3) is 0 Å². The molecular formula is C16H34N2. The Morgan fingerprint density at radius 1 is 1.00 bits per heavy atom. The molecule has 1 heterocycles. The molecule has 1 rings (SSSR count). The summed E-state index contributed by atoms with van der Waals surface area (Å²) < 4.78 is 0. The highest BCUT2D eigenvalue weighted by Crippen LogP contribution is 2.13. The van der Waals surface area contributed by atoms with Crippen LogP contribution in [0.3, 0.4) is 0 Å². The maximum atomic E-state index is 3.63. The van der Waals surface area contributed by atoms with Crippen molar-refractivity contribution >= 4 is 0 Å². The molecule has 1 unspecified atom stereocenters. The Balaban J connectivity index is 1.76. The standard InChI is InChI=1S/C16H34N2/c1-3-4-5-6-7-8-9-10-13-17-15-16-12-11-14-18(16)2/h16-17H,3-15H2,1-2H3.